The SMILES string of the molecule is Cc1nc2ccc(Oc3ccc4ncc(-c5cnn(C6(C)CCC(=O)CC6)c5)nc4c3Cl)cc2n1COCC[Si](C)(C)C. The number of benzene rings is 2. The highest BCUT2D eigenvalue weighted by atomic mass is 35.5. The van der Waals surface area contributed by atoms with Gasteiger partial charge in [0, 0.05) is 45.3 Å². The fourth-order valence-corrected chi connectivity index (χ4v) is 6.40. The molecule has 1 saturated carbocycles. The second-order valence-electron chi connectivity index (χ2n) is 12.9. The van der Waals surface area contributed by atoms with Crippen LogP contribution in [0.25, 0.3) is 33.3 Å². The van der Waals surface area contributed by atoms with Gasteiger partial charge >= 0.3 is 0 Å². The maximum Gasteiger partial charge on any atom is 0.148 e. The molecule has 0 amide bonds. The molecule has 0 atom stereocenters. The van der Waals surface area contributed by atoms with Crippen molar-refractivity contribution in [2.75, 3.05) is 6.61 Å². The predicted molar refractivity (Wildman–Crippen MR) is 172 cm³/mol. The Morgan fingerprint density at radius 2 is 1.81 bits per heavy atom. The number of fused-ring (bicyclic) bond motifs is 2. The zero-order valence-corrected chi connectivity index (χ0v) is 27.1. The van der Waals surface area contributed by atoms with Crippen LogP contribution in [-0.4, -0.2) is 49.8 Å². The summed E-state index contributed by atoms with van der Waals surface area (Å²) >= 11 is 6.87. The minimum atomic E-state index is -1.16. The van der Waals surface area contributed by atoms with Gasteiger partial charge in [0.05, 0.1) is 40.2 Å². The Morgan fingerprint density at radius 1 is 1.05 bits per heavy atom. The van der Waals surface area contributed by atoms with E-state index in [1.807, 2.05) is 48.1 Å². The molecule has 3 aromatic heterocycles. The number of ether oxygens (including phenoxy) is 2. The molecule has 9 nitrogen and oxygen atoms in total. The van der Waals surface area contributed by atoms with Crippen LogP contribution in [-0.2, 0) is 21.8 Å². The molecule has 1 fully saturated rings. The van der Waals surface area contributed by atoms with E-state index in [1.54, 1.807) is 12.4 Å². The first-order valence-corrected chi connectivity index (χ1v) is 18.8. The van der Waals surface area contributed by atoms with Gasteiger partial charge in [0.2, 0.25) is 0 Å². The fourth-order valence-electron chi connectivity index (χ4n) is 5.40. The average molecular weight is 617 g/mol. The first-order chi connectivity index (χ1) is 20.5. The van der Waals surface area contributed by atoms with Crippen molar-refractivity contribution in [1.82, 2.24) is 29.3 Å². The summed E-state index contributed by atoms with van der Waals surface area (Å²) in [6, 6.07) is 10.6. The second-order valence-corrected chi connectivity index (χ2v) is 18.9. The Balaban J connectivity index is 1.24. The van der Waals surface area contributed by atoms with Crippen LogP contribution >= 0.6 is 11.6 Å². The number of carbonyl (C=O) groups is 1. The predicted octanol–water partition coefficient (Wildman–Crippen LogP) is 7.77. The molecular formula is C32H37ClN6O3Si. The van der Waals surface area contributed by atoms with Crippen LogP contribution in [0.5, 0.6) is 11.5 Å². The molecule has 0 spiro atoms. The molecule has 0 N–H and O–H groups in total. The van der Waals surface area contributed by atoms with Gasteiger partial charge in [-0.25, -0.2) is 9.97 Å². The van der Waals surface area contributed by atoms with Gasteiger partial charge in [-0.1, -0.05) is 31.2 Å². The summed E-state index contributed by atoms with van der Waals surface area (Å²) in [5.41, 5.74) is 4.37. The van der Waals surface area contributed by atoms with E-state index in [1.165, 1.54) is 0 Å². The van der Waals surface area contributed by atoms with Crippen molar-refractivity contribution in [3.8, 4) is 22.8 Å². The summed E-state index contributed by atoms with van der Waals surface area (Å²) < 4.78 is 16.3. The van der Waals surface area contributed by atoms with Gasteiger partial charge in [0.15, 0.2) is 0 Å². The quantitative estimate of drug-likeness (QED) is 0.123. The molecule has 224 valence electrons. The smallest absolute Gasteiger partial charge is 0.148 e. The second kappa shape index (κ2) is 11.5. The van der Waals surface area contributed by atoms with E-state index >= 15 is 0 Å². The largest absolute Gasteiger partial charge is 0.456 e. The molecule has 1 aliphatic carbocycles. The third kappa shape index (κ3) is 6.22. The molecule has 5 aromatic rings. The molecule has 0 saturated heterocycles. The number of imidazole rings is 1. The summed E-state index contributed by atoms with van der Waals surface area (Å²) in [5, 5.41) is 5.01. The van der Waals surface area contributed by atoms with Crippen molar-refractivity contribution >= 4 is 47.5 Å². The number of ketones is 1. The van der Waals surface area contributed by atoms with Gasteiger partial charge in [-0.15, -0.1) is 0 Å². The van der Waals surface area contributed by atoms with E-state index in [0.29, 0.717) is 58.6 Å². The van der Waals surface area contributed by atoms with Crippen LogP contribution in [0.15, 0.2) is 48.9 Å². The monoisotopic (exact) mass is 616 g/mol. The van der Waals surface area contributed by atoms with E-state index in [9.17, 15) is 4.79 Å². The summed E-state index contributed by atoms with van der Waals surface area (Å²) in [4.78, 5) is 25.9. The van der Waals surface area contributed by atoms with Crippen molar-refractivity contribution in [3.63, 3.8) is 0 Å². The maximum atomic E-state index is 11.8. The van der Waals surface area contributed by atoms with E-state index in [-0.39, 0.29) is 5.54 Å². The van der Waals surface area contributed by atoms with Crippen molar-refractivity contribution in [1.29, 1.82) is 0 Å². The zero-order chi connectivity index (χ0) is 30.4. The molecule has 1 aliphatic rings. The lowest BCUT2D eigenvalue weighted by Crippen LogP contribution is -2.35. The molecule has 0 unspecified atom stereocenters. The number of aryl methyl sites for hydroxylation is 1. The lowest BCUT2D eigenvalue weighted by atomic mass is 9.83. The summed E-state index contributed by atoms with van der Waals surface area (Å²) in [6.07, 6.45) is 8.23. The third-order valence-electron chi connectivity index (χ3n) is 8.29. The van der Waals surface area contributed by atoms with E-state index in [0.717, 1.165) is 47.9 Å². The molecule has 6 rings (SSSR count). The number of carbonyl (C=O) groups excluding carboxylic acids is 1. The Kier molecular flexibility index (Phi) is 7.87. The third-order valence-corrected chi connectivity index (χ3v) is 10.4. The average Bonchev–Trinajstić information content (AvgIpc) is 3.59. The summed E-state index contributed by atoms with van der Waals surface area (Å²) in [7, 11) is -1.16. The molecule has 11 heteroatoms. The summed E-state index contributed by atoms with van der Waals surface area (Å²) in [5.74, 6) is 2.34. The van der Waals surface area contributed by atoms with Gasteiger partial charge in [0.1, 0.15) is 40.4 Å². The number of aromatic nitrogens is 6. The Labute approximate surface area is 257 Å². The number of rotatable bonds is 9. The molecule has 0 bridgehead atoms. The van der Waals surface area contributed by atoms with Gasteiger partial charge in [0.25, 0.3) is 0 Å². The lowest BCUT2D eigenvalue weighted by molar-refractivity contribution is -0.122. The van der Waals surface area contributed by atoms with Crippen LogP contribution in [0.4, 0.5) is 0 Å². The molecule has 0 aliphatic heterocycles. The zero-order valence-electron chi connectivity index (χ0n) is 25.4. The lowest BCUT2D eigenvalue weighted by Gasteiger charge is -2.33. The van der Waals surface area contributed by atoms with Crippen LogP contribution in [0.2, 0.25) is 30.7 Å². The topological polar surface area (TPSA) is 97.0 Å². The van der Waals surface area contributed by atoms with Gasteiger partial charge in [-0.3, -0.25) is 14.5 Å². The minimum absolute atomic E-state index is 0.190. The molecule has 2 aromatic carbocycles. The minimum Gasteiger partial charge on any atom is -0.456 e. The van der Waals surface area contributed by atoms with E-state index in [2.05, 4.69) is 41.2 Å². The number of nitrogens with zero attached hydrogens (tertiary/aromatic N) is 6. The molecule has 43 heavy (non-hydrogen) atoms. The normalized spacial score (nSPS) is 15.4. The highest BCUT2D eigenvalue weighted by Gasteiger charge is 2.32. The van der Waals surface area contributed by atoms with Crippen molar-refractivity contribution in [2.24, 2.45) is 0 Å². The Bertz CT molecular complexity index is 1820. The highest BCUT2D eigenvalue weighted by Crippen LogP contribution is 2.37. The first-order valence-electron chi connectivity index (χ1n) is 14.7. The van der Waals surface area contributed by atoms with Crippen molar-refractivity contribution in [2.45, 2.75) is 77.5 Å². The Hall–Kier alpha value is -3.60. The standard InChI is InChI=1S/C32H37ClN6O3Si/c1-21-36-25-7-6-24(16-28(25)38(21)20-41-14-15-43(3,4)5)42-29-9-8-26-31(30(29)33)37-27(18-34-26)22-17-35-39(19-22)32(2)12-10-23(40)11-13-32/h6-9,16-19H,10-15,20H2,1-5H3. The van der Waals surface area contributed by atoms with Crippen LogP contribution in [0.1, 0.15) is 38.4 Å². The highest BCUT2D eigenvalue weighted by molar-refractivity contribution is 6.76. The molecule has 3 heterocycles. The first kappa shape index (κ1) is 29.5. The summed E-state index contributed by atoms with van der Waals surface area (Å²) in [6.45, 7) is 12.4. The van der Waals surface area contributed by atoms with Crippen molar-refractivity contribution < 1.29 is 14.3 Å². The van der Waals surface area contributed by atoms with Gasteiger partial charge in [-0.05, 0) is 57.0 Å². The van der Waals surface area contributed by atoms with E-state index in [4.69, 9.17) is 31.0 Å². The van der Waals surface area contributed by atoms with Crippen LogP contribution in [0, 0.1) is 6.92 Å². The van der Waals surface area contributed by atoms with Crippen LogP contribution in [0.3, 0.4) is 0 Å². The Morgan fingerprint density at radius 3 is 2.58 bits per heavy atom. The molecule has 0 radical (unpaired) electrons. The number of hydrogen-bond donors (Lipinski definition) is 0. The number of Topliss-reactive ketones (excluding diaryl/α,β-unsaturated/α-hetero) is 1. The number of hydrogen-bond acceptors (Lipinski definition) is 7. The van der Waals surface area contributed by atoms with E-state index < -0.39 is 8.07 Å². The molecular weight excluding hydrogens is 580 g/mol. The van der Waals surface area contributed by atoms with Crippen LogP contribution < -0.4 is 4.74 Å². The van der Waals surface area contributed by atoms with Gasteiger partial charge < -0.3 is 14.0 Å². The van der Waals surface area contributed by atoms with Gasteiger partial charge in [-0.2, -0.15) is 5.10 Å². The fraction of sp³-hybridized carbons (Fsp3) is 0.406. The number of halogens is 1. The maximum absolute atomic E-state index is 11.8. The van der Waals surface area contributed by atoms with Crippen molar-refractivity contribution in [3.05, 3.63) is 59.8 Å².